The lowest BCUT2D eigenvalue weighted by Gasteiger charge is -2.24. The van der Waals surface area contributed by atoms with Crippen molar-refractivity contribution in [2.45, 2.75) is 19.5 Å². The Labute approximate surface area is 127 Å². The van der Waals surface area contributed by atoms with Gasteiger partial charge in [-0.2, -0.15) is 0 Å². The summed E-state index contributed by atoms with van der Waals surface area (Å²) in [4.78, 5) is 14.5. The van der Waals surface area contributed by atoms with E-state index in [2.05, 4.69) is 11.8 Å². The van der Waals surface area contributed by atoms with Crippen molar-refractivity contribution in [3.8, 4) is 0 Å². The van der Waals surface area contributed by atoms with Crippen LogP contribution in [0.25, 0.3) is 0 Å². The number of rotatable bonds is 5. The summed E-state index contributed by atoms with van der Waals surface area (Å²) in [5.74, 6) is -0.869. The van der Waals surface area contributed by atoms with Gasteiger partial charge < -0.3 is 5.11 Å². The molecule has 0 amide bonds. The summed E-state index contributed by atoms with van der Waals surface area (Å²) >= 11 is 7.33. The van der Waals surface area contributed by atoms with E-state index < -0.39 is 5.97 Å². The smallest absolute Gasteiger partial charge is 0.345 e. The van der Waals surface area contributed by atoms with Crippen molar-refractivity contribution in [3.05, 3.63) is 56.7 Å². The molecule has 1 N–H and O–H groups in total. The van der Waals surface area contributed by atoms with Crippen LogP contribution in [-0.2, 0) is 6.54 Å². The fourth-order valence-electron chi connectivity index (χ4n) is 1.98. The second-order valence-electron chi connectivity index (χ2n) is 4.72. The van der Waals surface area contributed by atoms with E-state index in [-0.39, 0.29) is 6.04 Å². The van der Waals surface area contributed by atoms with Crippen molar-refractivity contribution in [3.63, 3.8) is 0 Å². The van der Waals surface area contributed by atoms with E-state index in [1.165, 1.54) is 11.3 Å². The number of aromatic carboxylic acids is 1. The summed E-state index contributed by atoms with van der Waals surface area (Å²) in [6.07, 6.45) is 0. The first kappa shape index (κ1) is 15.0. The van der Waals surface area contributed by atoms with Crippen LogP contribution in [0.15, 0.2) is 36.4 Å². The second kappa shape index (κ2) is 6.39. The van der Waals surface area contributed by atoms with Gasteiger partial charge in [0.1, 0.15) is 4.88 Å². The Balaban J connectivity index is 2.07. The van der Waals surface area contributed by atoms with Crippen molar-refractivity contribution in [2.75, 3.05) is 7.05 Å². The van der Waals surface area contributed by atoms with Crippen LogP contribution in [0.4, 0.5) is 0 Å². The third kappa shape index (κ3) is 3.60. The van der Waals surface area contributed by atoms with Gasteiger partial charge in [0.05, 0.1) is 0 Å². The van der Waals surface area contributed by atoms with Crippen molar-refractivity contribution in [1.29, 1.82) is 0 Å². The molecule has 1 atom stereocenters. The molecule has 1 aromatic carbocycles. The molecule has 3 nitrogen and oxygen atoms in total. The quantitative estimate of drug-likeness (QED) is 0.895. The van der Waals surface area contributed by atoms with E-state index in [9.17, 15) is 4.79 Å². The molecule has 1 unspecified atom stereocenters. The third-order valence-corrected chi connectivity index (χ3v) is 4.56. The molecule has 2 rings (SSSR count). The number of carboxylic acids is 1. The average molecular weight is 310 g/mol. The minimum atomic E-state index is -0.869. The Hall–Kier alpha value is -1.36. The summed E-state index contributed by atoms with van der Waals surface area (Å²) in [6.45, 7) is 2.82. The first-order valence-corrected chi connectivity index (χ1v) is 7.44. The predicted molar refractivity (Wildman–Crippen MR) is 82.6 cm³/mol. The van der Waals surface area contributed by atoms with Crippen LogP contribution in [-0.4, -0.2) is 23.0 Å². The fraction of sp³-hybridized carbons (Fsp3) is 0.267. The van der Waals surface area contributed by atoms with Gasteiger partial charge in [-0.25, -0.2) is 4.79 Å². The molecule has 0 saturated heterocycles. The van der Waals surface area contributed by atoms with Crippen molar-refractivity contribution in [2.24, 2.45) is 0 Å². The molecule has 106 valence electrons. The Bertz CT molecular complexity index is 611. The first-order valence-electron chi connectivity index (χ1n) is 6.25. The monoisotopic (exact) mass is 309 g/mol. The Kier molecular flexibility index (Phi) is 4.81. The molecule has 1 heterocycles. The first-order chi connectivity index (χ1) is 9.47. The summed E-state index contributed by atoms with van der Waals surface area (Å²) < 4.78 is 0. The predicted octanol–water partition coefficient (Wildman–Crippen LogP) is 4.29. The molecular formula is C15H16ClNO2S. The van der Waals surface area contributed by atoms with Crippen LogP contribution in [0, 0.1) is 0 Å². The summed E-state index contributed by atoms with van der Waals surface area (Å²) in [6, 6.07) is 11.5. The molecule has 0 saturated carbocycles. The topological polar surface area (TPSA) is 40.5 Å². The molecule has 5 heteroatoms. The van der Waals surface area contributed by atoms with E-state index in [0.717, 1.165) is 15.5 Å². The highest BCUT2D eigenvalue weighted by Crippen LogP contribution is 2.25. The maximum atomic E-state index is 10.9. The van der Waals surface area contributed by atoms with E-state index in [1.807, 2.05) is 37.4 Å². The Morgan fingerprint density at radius 3 is 2.75 bits per heavy atom. The number of halogens is 1. The van der Waals surface area contributed by atoms with Gasteiger partial charge in [0.2, 0.25) is 0 Å². The second-order valence-corrected chi connectivity index (χ2v) is 6.32. The zero-order chi connectivity index (χ0) is 14.7. The minimum Gasteiger partial charge on any atom is -0.477 e. The number of hydrogen-bond donors (Lipinski definition) is 1. The number of thiophene rings is 1. The van der Waals surface area contributed by atoms with E-state index in [4.69, 9.17) is 16.7 Å². The summed E-state index contributed by atoms with van der Waals surface area (Å²) in [5.41, 5.74) is 1.15. The number of carboxylic acid groups (broad SMARTS) is 1. The third-order valence-electron chi connectivity index (χ3n) is 3.27. The molecule has 0 bridgehead atoms. The van der Waals surface area contributed by atoms with Crippen LogP contribution in [0.1, 0.15) is 33.1 Å². The lowest BCUT2D eigenvalue weighted by molar-refractivity contribution is 0.0702. The molecule has 20 heavy (non-hydrogen) atoms. The zero-order valence-electron chi connectivity index (χ0n) is 11.3. The SMILES string of the molecule is CC(c1cccc(Cl)c1)N(C)Cc1ccc(C(=O)O)s1. The number of hydrogen-bond acceptors (Lipinski definition) is 3. The van der Waals surface area contributed by atoms with Crippen molar-refractivity contribution >= 4 is 28.9 Å². The number of nitrogens with zero attached hydrogens (tertiary/aromatic N) is 1. The van der Waals surface area contributed by atoms with Gasteiger partial charge in [0.25, 0.3) is 0 Å². The normalized spacial score (nSPS) is 12.6. The maximum Gasteiger partial charge on any atom is 0.345 e. The average Bonchev–Trinajstić information content (AvgIpc) is 2.86. The minimum absolute atomic E-state index is 0.212. The Morgan fingerprint density at radius 1 is 1.40 bits per heavy atom. The van der Waals surface area contributed by atoms with E-state index in [0.29, 0.717) is 11.4 Å². The van der Waals surface area contributed by atoms with Crippen molar-refractivity contribution < 1.29 is 9.90 Å². The molecule has 0 radical (unpaired) electrons. The highest BCUT2D eigenvalue weighted by atomic mass is 35.5. The number of benzene rings is 1. The standard InChI is InChI=1S/C15H16ClNO2S/c1-10(11-4-3-5-12(16)8-11)17(2)9-13-6-7-14(20-13)15(18)19/h3-8,10H,9H2,1-2H3,(H,18,19). The zero-order valence-corrected chi connectivity index (χ0v) is 12.9. The van der Waals surface area contributed by atoms with Gasteiger partial charge in [-0.1, -0.05) is 23.7 Å². The molecule has 0 spiro atoms. The molecule has 0 aliphatic heterocycles. The van der Waals surface area contributed by atoms with Gasteiger partial charge >= 0.3 is 5.97 Å². The molecular weight excluding hydrogens is 294 g/mol. The molecule has 0 aliphatic carbocycles. The maximum absolute atomic E-state index is 10.9. The van der Waals surface area contributed by atoms with Crippen LogP contribution in [0.2, 0.25) is 5.02 Å². The van der Waals surface area contributed by atoms with Gasteiger partial charge in [-0.3, -0.25) is 4.90 Å². The van der Waals surface area contributed by atoms with Gasteiger partial charge in [0, 0.05) is 22.5 Å². The van der Waals surface area contributed by atoms with Gasteiger partial charge in [-0.05, 0) is 43.8 Å². The van der Waals surface area contributed by atoms with E-state index >= 15 is 0 Å². The van der Waals surface area contributed by atoms with Gasteiger partial charge in [0.15, 0.2) is 0 Å². The van der Waals surface area contributed by atoms with Crippen LogP contribution in [0.5, 0.6) is 0 Å². The summed E-state index contributed by atoms with van der Waals surface area (Å²) in [7, 11) is 2.02. The van der Waals surface area contributed by atoms with Gasteiger partial charge in [-0.15, -0.1) is 11.3 Å². The van der Waals surface area contributed by atoms with Crippen LogP contribution in [0.3, 0.4) is 0 Å². The highest BCUT2D eigenvalue weighted by Gasteiger charge is 2.14. The lowest BCUT2D eigenvalue weighted by Crippen LogP contribution is -2.21. The highest BCUT2D eigenvalue weighted by molar-refractivity contribution is 7.13. The fourth-order valence-corrected chi connectivity index (χ4v) is 3.09. The molecule has 0 fully saturated rings. The largest absolute Gasteiger partial charge is 0.477 e. The van der Waals surface area contributed by atoms with Crippen LogP contribution >= 0.6 is 22.9 Å². The van der Waals surface area contributed by atoms with Crippen LogP contribution < -0.4 is 0 Å². The number of carbonyl (C=O) groups is 1. The molecule has 0 aliphatic rings. The van der Waals surface area contributed by atoms with E-state index in [1.54, 1.807) is 6.07 Å². The molecule has 2 aromatic rings. The summed E-state index contributed by atoms with van der Waals surface area (Å²) in [5, 5.41) is 9.66. The Morgan fingerprint density at radius 2 is 2.15 bits per heavy atom. The van der Waals surface area contributed by atoms with Crippen molar-refractivity contribution in [1.82, 2.24) is 4.90 Å². The lowest BCUT2D eigenvalue weighted by atomic mass is 10.1. The molecule has 1 aromatic heterocycles.